The molecule has 4 nitrogen and oxygen atoms in total. The van der Waals surface area contributed by atoms with Crippen LogP contribution in [0.15, 0.2) is 47.4 Å². The molecule has 0 bridgehead atoms. The number of hydrogen-bond acceptors (Lipinski definition) is 3. The molecular formula is C14H14INO3S. The van der Waals surface area contributed by atoms with Crippen molar-refractivity contribution in [3.63, 3.8) is 0 Å². The lowest BCUT2D eigenvalue weighted by molar-refractivity contribution is 0.304. The van der Waals surface area contributed by atoms with Crippen molar-refractivity contribution in [2.45, 2.75) is 18.4 Å². The van der Waals surface area contributed by atoms with Gasteiger partial charge in [-0.05, 0) is 71.0 Å². The fraction of sp³-hybridized carbons (Fsp3) is 0.143. The van der Waals surface area contributed by atoms with Gasteiger partial charge in [-0.3, -0.25) is 0 Å². The molecule has 0 aliphatic heterocycles. The molecule has 0 radical (unpaired) electrons. The SMILES string of the molecule is Cc1cc(S(N)(=O)=O)ccc1OCc1ccc(I)cc1. The molecule has 0 amide bonds. The van der Waals surface area contributed by atoms with Crippen LogP contribution in [-0.4, -0.2) is 8.42 Å². The average molecular weight is 403 g/mol. The minimum atomic E-state index is -3.67. The summed E-state index contributed by atoms with van der Waals surface area (Å²) in [6.45, 7) is 2.23. The van der Waals surface area contributed by atoms with Crippen molar-refractivity contribution in [1.29, 1.82) is 0 Å². The van der Waals surface area contributed by atoms with E-state index < -0.39 is 10.0 Å². The molecule has 106 valence electrons. The molecule has 2 aromatic carbocycles. The Morgan fingerprint density at radius 3 is 2.35 bits per heavy atom. The predicted molar refractivity (Wildman–Crippen MR) is 86.0 cm³/mol. The van der Waals surface area contributed by atoms with E-state index in [1.807, 2.05) is 24.3 Å². The van der Waals surface area contributed by atoms with E-state index in [9.17, 15) is 8.42 Å². The van der Waals surface area contributed by atoms with E-state index in [-0.39, 0.29) is 4.90 Å². The van der Waals surface area contributed by atoms with E-state index in [0.717, 1.165) is 11.1 Å². The molecule has 0 heterocycles. The van der Waals surface area contributed by atoms with Gasteiger partial charge in [-0.15, -0.1) is 0 Å². The highest BCUT2D eigenvalue weighted by atomic mass is 127. The summed E-state index contributed by atoms with van der Waals surface area (Å²) in [5, 5.41) is 5.09. The van der Waals surface area contributed by atoms with Gasteiger partial charge >= 0.3 is 0 Å². The van der Waals surface area contributed by atoms with Gasteiger partial charge < -0.3 is 4.74 Å². The molecule has 0 atom stereocenters. The van der Waals surface area contributed by atoms with Crippen LogP contribution < -0.4 is 9.88 Å². The molecule has 0 saturated carbocycles. The minimum absolute atomic E-state index is 0.0941. The third kappa shape index (κ3) is 3.94. The number of rotatable bonds is 4. The van der Waals surface area contributed by atoms with Crippen LogP contribution in [0.5, 0.6) is 5.75 Å². The maximum Gasteiger partial charge on any atom is 0.238 e. The Kier molecular flexibility index (Phi) is 4.66. The number of primary sulfonamides is 1. The second-order valence-electron chi connectivity index (χ2n) is 4.39. The van der Waals surface area contributed by atoms with Gasteiger partial charge in [0.2, 0.25) is 10.0 Å². The normalized spacial score (nSPS) is 11.3. The minimum Gasteiger partial charge on any atom is -0.489 e. The van der Waals surface area contributed by atoms with Crippen LogP contribution in [-0.2, 0) is 16.6 Å². The number of benzene rings is 2. The zero-order chi connectivity index (χ0) is 14.8. The van der Waals surface area contributed by atoms with Crippen LogP contribution in [0.3, 0.4) is 0 Å². The highest BCUT2D eigenvalue weighted by Gasteiger charge is 2.10. The van der Waals surface area contributed by atoms with E-state index in [1.54, 1.807) is 13.0 Å². The number of hydrogen-bond donors (Lipinski definition) is 1. The Morgan fingerprint density at radius 1 is 1.15 bits per heavy atom. The first-order chi connectivity index (χ1) is 9.36. The topological polar surface area (TPSA) is 69.4 Å². The zero-order valence-corrected chi connectivity index (χ0v) is 13.8. The molecular weight excluding hydrogens is 389 g/mol. The second kappa shape index (κ2) is 6.11. The monoisotopic (exact) mass is 403 g/mol. The molecule has 2 aromatic rings. The summed E-state index contributed by atoms with van der Waals surface area (Å²) < 4.78 is 29.3. The van der Waals surface area contributed by atoms with Gasteiger partial charge in [0.25, 0.3) is 0 Å². The molecule has 0 aliphatic carbocycles. The number of aryl methyl sites for hydroxylation is 1. The molecule has 0 unspecified atom stereocenters. The molecule has 0 saturated heterocycles. The van der Waals surface area contributed by atoms with Crippen LogP contribution in [0.25, 0.3) is 0 Å². The molecule has 20 heavy (non-hydrogen) atoms. The van der Waals surface area contributed by atoms with Crippen molar-refractivity contribution < 1.29 is 13.2 Å². The largest absolute Gasteiger partial charge is 0.489 e. The molecule has 0 aliphatic rings. The molecule has 0 aromatic heterocycles. The van der Waals surface area contributed by atoms with E-state index in [4.69, 9.17) is 9.88 Å². The van der Waals surface area contributed by atoms with Gasteiger partial charge in [-0.2, -0.15) is 0 Å². The molecule has 0 spiro atoms. The van der Waals surface area contributed by atoms with E-state index >= 15 is 0 Å². The summed E-state index contributed by atoms with van der Waals surface area (Å²) in [4.78, 5) is 0.0941. The third-order valence-corrected chi connectivity index (χ3v) is 4.41. The van der Waals surface area contributed by atoms with Crippen molar-refractivity contribution >= 4 is 32.6 Å². The van der Waals surface area contributed by atoms with E-state index in [2.05, 4.69) is 22.6 Å². The van der Waals surface area contributed by atoms with Gasteiger partial charge in [0.1, 0.15) is 12.4 Å². The van der Waals surface area contributed by atoms with Crippen molar-refractivity contribution in [3.8, 4) is 5.75 Å². The quantitative estimate of drug-likeness (QED) is 0.799. The maximum absolute atomic E-state index is 11.2. The molecule has 0 fully saturated rings. The summed E-state index contributed by atoms with van der Waals surface area (Å²) in [5.41, 5.74) is 1.79. The second-order valence-corrected chi connectivity index (χ2v) is 7.19. The lowest BCUT2D eigenvalue weighted by Gasteiger charge is -2.10. The Bertz CT molecular complexity index is 712. The summed E-state index contributed by atoms with van der Waals surface area (Å²) in [7, 11) is -3.67. The smallest absolute Gasteiger partial charge is 0.238 e. The first-order valence-corrected chi connectivity index (χ1v) is 8.49. The van der Waals surface area contributed by atoms with Crippen LogP contribution >= 0.6 is 22.6 Å². The number of halogens is 1. The van der Waals surface area contributed by atoms with Crippen LogP contribution in [0.1, 0.15) is 11.1 Å². The Balaban J connectivity index is 2.12. The first-order valence-electron chi connectivity index (χ1n) is 5.87. The van der Waals surface area contributed by atoms with Gasteiger partial charge in [0.15, 0.2) is 0 Å². The van der Waals surface area contributed by atoms with E-state index in [0.29, 0.717) is 12.4 Å². The predicted octanol–water partition coefficient (Wildman–Crippen LogP) is 2.83. The highest BCUT2D eigenvalue weighted by Crippen LogP contribution is 2.22. The third-order valence-electron chi connectivity index (χ3n) is 2.78. The summed E-state index contributed by atoms with van der Waals surface area (Å²) in [6.07, 6.45) is 0. The van der Waals surface area contributed by atoms with Gasteiger partial charge in [-0.25, -0.2) is 13.6 Å². The maximum atomic E-state index is 11.2. The first kappa shape index (κ1) is 15.3. The highest BCUT2D eigenvalue weighted by molar-refractivity contribution is 14.1. The summed E-state index contributed by atoms with van der Waals surface area (Å²) in [5.74, 6) is 0.649. The fourth-order valence-electron chi connectivity index (χ4n) is 1.70. The lowest BCUT2D eigenvalue weighted by atomic mass is 10.2. The van der Waals surface area contributed by atoms with Crippen LogP contribution in [0.2, 0.25) is 0 Å². The molecule has 6 heteroatoms. The van der Waals surface area contributed by atoms with Crippen LogP contribution in [0.4, 0.5) is 0 Å². The summed E-state index contributed by atoms with van der Waals surface area (Å²) in [6, 6.07) is 12.6. The van der Waals surface area contributed by atoms with Crippen molar-refractivity contribution in [2.24, 2.45) is 5.14 Å². The average Bonchev–Trinajstić information content (AvgIpc) is 2.38. The fourth-order valence-corrected chi connectivity index (χ4v) is 2.66. The number of sulfonamides is 1. The van der Waals surface area contributed by atoms with Gasteiger partial charge in [-0.1, -0.05) is 12.1 Å². The summed E-state index contributed by atoms with van der Waals surface area (Å²) >= 11 is 2.24. The number of ether oxygens (including phenoxy) is 1. The van der Waals surface area contributed by atoms with Crippen molar-refractivity contribution in [2.75, 3.05) is 0 Å². The van der Waals surface area contributed by atoms with Crippen molar-refractivity contribution in [3.05, 3.63) is 57.2 Å². The molecule has 2 rings (SSSR count). The molecule has 2 N–H and O–H groups in total. The van der Waals surface area contributed by atoms with Crippen molar-refractivity contribution in [1.82, 2.24) is 0 Å². The lowest BCUT2D eigenvalue weighted by Crippen LogP contribution is -2.12. The Morgan fingerprint density at radius 2 is 1.80 bits per heavy atom. The standard InChI is InChI=1S/C14H14INO3S/c1-10-8-13(20(16,17)18)6-7-14(10)19-9-11-2-4-12(15)5-3-11/h2-8H,9H2,1H3,(H2,16,17,18). The van der Waals surface area contributed by atoms with E-state index in [1.165, 1.54) is 15.7 Å². The van der Waals surface area contributed by atoms with Crippen LogP contribution in [0, 0.1) is 10.5 Å². The Labute approximate surface area is 132 Å². The number of nitrogens with two attached hydrogens (primary N) is 1. The van der Waals surface area contributed by atoms with Gasteiger partial charge in [0, 0.05) is 3.57 Å². The zero-order valence-electron chi connectivity index (χ0n) is 10.8. The Hall–Kier alpha value is -1.12. The van der Waals surface area contributed by atoms with Gasteiger partial charge in [0.05, 0.1) is 4.90 Å².